The Morgan fingerprint density at radius 3 is 2.33 bits per heavy atom. The number of rotatable bonds is 5. The first kappa shape index (κ1) is 16.3. The number of sulfonamides is 1. The first-order valence-corrected chi connectivity index (χ1v) is 8.85. The van der Waals surface area contributed by atoms with Gasteiger partial charge in [-0.15, -0.1) is 0 Å². The van der Waals surface area contributed by atoms with Crippen LogP contribution in [0.3, 0.4) is 0 Å². The number of β-amino-alcohol motifs (C(OH)–C–C–N with tert-alkyl or cyclic N) is 1. The summed E-state index contributed by atoms with van der Waals surface area (Å²) in [5, 5.41) is 10.1. The van der Waals surface area contributed by atoms with Crippen molar-refractivity contribution in [1.82, 2.24) is 4.31 Å². The van der Waals surface area contributed by atoms with E-state index in [0.717, 1.165) is 12.0 Å². The highest BCUT2D eigenvalue weighted by atomic mass is 32.2. The van der Waals surface area contributed by atoms with Crippen LogP contribution in [-0.2, 0) is 22.9 Å². The Bertz CT molecular complexity index is 635. The zero-order valence-corrected chi connectivity index (χ0v) is 13.7. The number of benzene rings is 1. The molecular weight excluding hydrogens is 288 g/mol. The second kappa shape index (κ2) is 5.59. The van der Waals surface area contributed by atoms with Gasteiger partial charge in [-0.05, 0) is 42.5 Å². The van der Waals surface area contributed by atoms with Crippen molar-refractivity contribution in [2.45, 2.75) is 50.5 Å². The van der Waals surface area contributed by atoms with Crippen LogP contribution in [0.25, 0.3) is 0 Å². The standard InChI is InChI=1S/C15H24N2O3S/c1-4-11-7-13(16)12(5-2)14(8-11)21(19,20)17-9-15(18,6-3)10-17/h7-8,18H,4-6,9-10,16H2,1-3H3. The van der Waals surface area contributed by atoms with E-state index in [9.17, 15) is 13.5 Å². The van der Waals surface area contributed by atoms with Gasteiger partial charge in [-0.2, -0.15) is 4.31 Å². The number of anilines is 1. The number of hydrogen-bond donors (Lipinski definition) is 2. The molecular formula is C15H24N2O3S. The van der Waals surface area contributed by atoms with Gasteiger partial charge in [-0.3, -0.25) is 0 Å². The molecule has 5 nitrogen and oxygen atoms in total. The van der Waals surface area contributed by atoms with Gasteiger partial charge in [0.15, 0.2) is 0 Å². The molecule has 2 rings (SSSR count). The fourth-order valence-electron chi connectivity index (χ4n) is 2.68. The monoisotopic (exact) mass is 312 g/mol. The van der Waals surface area contributed by atoms with E-state index in [4.69, 9.17) is 5.73 Å². The van der Waals surface area contributed by atoms with E-state index in [1.165, 1.54) is 4.31 Å². The van der Waals surface area contributed by atoms with Crippen molar-refractivity contribution in [3.63, 3.8) is 0 Å². The molecule has 6 heteroatoms. The SMILES string of the molecule is CCc1cc(N)c(CC)c(S(=O)(=O)N2CC(O)(CC)C2)c1. The van der Waals surface area contributed by atoms with Gasteiger partial charge in [0.05, 0.1) is 10.5 Å². The van der Waals surface area contributed by atoms with Crippen molar-refractivity contribution in [3.05, 3.63) is 23.3 Å². The third kappa shape index (κ3) is 2.80. The molecule has 0 atom stereocenters. The van der Waals surface area contributed by atoms with Crippen molar-refractivity contribution in [1.29, 1.82) is 0 Å². The average molecular weight is 312 g/mol. The number of nitrogens with zero attached hydrogens (tertiary/aromatic N) is 1. The summed E-state index contributed by atoms with van der Waals surface area (Å²) in [6, 6.07) is 3.56. The maximum Gasteiger partial charge on any atom is 0.243 e. The lowest BCUT2D eigenvalue weighted by Gasteiger charge is -2.45. The highest BCUT2D eigenvalue weighted by Gasteiger charge is 2.46. The van der Waals surface area contributed by atoms with E-state index in [2.05, 4.69) is 0 Å². The Morgan fingerprint density at radius 2 is 1.86 bits per heavy atom. The minimum absolute atomic E-state index is 0.158. The van der Waals surface area contributed by atoms with Gasteiger partial charge in [0.25, 0.3) is 0 Å². The summed E-state index contributed by atoms with van der Waals surface area (Å²) in [6.45, 7) is 6.04. The first-order valence-electron chi connectivity index (χ1n) is 7.41. The first-order chi connectivity index (χ1) is 9.77. The molecule has 0 unspecified atom stereocenters. The van der Waals surface area contributed by atoms with E-state index in [0.29, 0.717) is 29.0 Å². The number of nitrogen functional groups attached to an aromatic ring is 1. The van der Waals surface area contributed by atoms with Gasteiger partial charge in [0.2, 0.25) is 10.0 Å². The lowest BCUT2D eigenvalue weighted by Crippen LogP contribution is -2.62. The van der Waals surface area contributed by atoms with Crippen molar-refractivity contribution < 1.29 is 13.5 Å². The molecule has 0 bridgehead atoms. The molecule has 1 aliphatic rings. The normalized spacial score (nSPS) is 18.5. The van der Waals surface area contributed by atoms with Crippen LogP contribution in [0.1, 0.15) is 38.3 Å². The molecule has 1 fully saturated rings. The molecule has 0 aliphatic carbocycles. The van der Waals surface area contributed by atoms with Crippen molar-refractivity contribution in [2.75, 3.05) is 18.8 Å². The number of aryl methyl sites for hydroxylation is 1. The van der Waals surface area contributed by atoms with Crippen molar-refractivity contribution in [3.8, 4) is 0 Å². The Balaban J connectivity index is 2.43. The van der Waals surface area contributed by atoms with Gasteiger partial charge >= 0.3 is 0 Å². The lowest BCUT2D eigenvalue weighted by molar-refractivity contribution is -0.0613. The average Bonchev–Trinajstić information content (AvgIpc) is 2.42. The molecule has 0 amide bonds. The smallest absolute Gasteiger partial charge is 0.243 e. The molecule has 0 aromatic heterocycles. The Morgan fingerprint density at radius 1 is 1.24 bits per heavy atom. The van der Waals surface area contributed by atoms with Crippen LogP contribution in [0, 0.1) is 0 Å². The van der Waals surface area contributed by atoms with Crippen LogP contribution in [0.15, 0.2) is 17.0 Å². The van der Waals surface area contributed by atoms with Gasteiger partial charge in [0, 0.05) is 18.8 Å². The summed E-state index contributed by atoms with van der Waals surface area (Å²) >= 11 is 0. The van der Waals surface area contributed by atoms with E-state index >= 15 is 0 Å². The predicted octanol–water partition coefficient (Wildman–Crippen LogP) is 1.54. The quantitative estimate of drug-likeness (QED) is 0.808. The summed E-state index contributed by atoms with van der Waals surface area (Å²) < 4.78 is 26.9. The number of nitrogens with two attached hydrogens (primary N) is 1. The van der Waals surface area contributed by atoms with Crippen molar-refractivity contribution in [2.24, 2.45) is 0 Å². The van der Waals surface area contributed by atoms with Crippen LogP contribution >= 0.6 is 0 Å². The van der Waals surface area contributed by atoms with Gasteiger partial charge < -0.3 is 10.8 Å². The fourth-order valence-corrected chi connectivity index (χ4v) is 4.65. The Labute approximate surface area is 126 Å². The molecule has 1 heterocycles. The van der Waals surface area contributed by atoms with Gasteiger partial charge in [0.1, 0.15) is 0 Å². The van der Waals surface area contributed by atoms with E-state index < -0.39 is 15.6 Å². The van der Waals surface area contributed by atoms with E-state index in [1.807, 2.05) is 26.8 Å². The predicted molar refractivity (Wildman–Crippen MR) is 83.6 cm³/mol. The third-order valence-electron chi connectivity index (χ3n) is 4.28. The summed E-state index contributed by atoms with van der Waals surface area (Å²) in [6.07, 6.45) is 1.85. The molecule has 0 radical (unpaired) electrons. The van der Waals surface area contributed by atoms with E-state index in [1.54, 1.807) is 6.07 Å². The van der Waals surface area contributed by atoms with Crippen LogP contribution in [0.2, 0.25) is 0 Å². The number of aliphatic hydroxyl groups is 1. The highest BCUT2D eigenvalue weighted by Crippen LogP contribution is 2.34. The van der Waals surface area contributed by atoms with Gasteiger partial charge in [-0.1, -0.05) is 20.8 Å². The summed E-state index contributed by atoms with van der Waals surface area (Å²) in [7, 11) is -3.59. The van der Waals surface area contributed by atoms with Crippen LogP contribution in [-0.4, -0.2) is 36.5 Å². The lowest BCUT2D eigenvalue weighted by atomic mass is 9.94. The zero-order chi connectivity index (χ0) is 15.8. The molecule has 0 spiro atoms. The highest BCUT2D eigenvalue weighted by molar-refractivity contribution is 7.89. The summed E-state index contributed by atoms with van der Waals surface area (Å²) in [5.41, 5.74) is 7.24. The number of hydrogen-bond acceptors (Lipinski definition) is 4. The third-order valence-corrected chi connectivity index (χ3v) is 6.14. The van der Waals surface area contributed by atoms with E-state index in [-0.39, 0.29) is 13.1 Å². The largest absolute Gasteiger partial charge is 0.398 e. The molecule has 1 aliphatic heterocycles. The van der Waals surface area contributed by atoms with Crippen LogP contribution in [0.4, 0.5) is 5.69 Å². The maximum absolute atomic E-state index is 12.8. The van der Waals surface area contributed by atoms with Gasteiger partial charge in [-0.25, -0.2) is 8.42 Å². The molecule has 118 valence electrons. The topological polar surface area (TPSA) is 83.6 Å². The van der Waals surface area contributed by atoms with Crippen LogP contribution in [0.5, 0.6) is 0 Å². The minimum Gasteiger partial charge on any atom is -0.398 e. The zero-order valence-electron chi connectivity index (χ0n) is 12.9. The van der Waals surface area contributed by atoms with Crippen molar-refractivity contribution >= 4 is 15.7 Å². The second-order valence-electron chi connectivity index (χ2n) is 5.72. The Hall–Kier alpha value is -1.11. The molecule has 0 saturated carbocycles. The summed E-state index contributed by atoms with van der Waals surface area (Å²) in [4.78, 5) is 0.292. The summed E-state index contributed by atoms with van der Waals surface area (Å²) in [5.74, 6) is 0. The molecule has 1 aromatic carbocycles. The second-order valence-corrected chi connectivity index (χ2v) is 7.63. The molecule has 21 heavy (non-hydrogen) atoms. The minimum atomic E-state index is -3.59. The van der Waals surface area contributed by atoms with Crippen LogP contribution < -0.4 is 5.73 Å². The Kier molecular flexibility index (Phi) is 4.33. The maximum atomic E-state index is 12.8. The molecule has 1 saturated heterocycles. The molecule has 3 N–H and O–H groups in total. The fraction of sp³-hybridized carbons (Fsp3) is 0.600. The molecule has 1 aromatic rings.